The molecule has 1 heterocycles. The van der Waals surface area contributed by atoms with E-state index in [1.54, 1.807) is 0 Å². The van der Waals surface area contributed by atoms with E-state index in [4.69, 9.17) is 4.42 Å². The van der Waals surface area contributed by atoms with Gasteiger partial charge in [0.1, 0.15) is 11.2 Å². The summed E-state index contributed by atoms with van der Waals surface area (Å²) in [7, 11) is 0. The van der Waals surface area contributed by atoms with Crippen LogP contribution in [0.15, 0.2) is 150 Å². The van der Waals surface area contributed by atoms with E-state index in [1.807, 2.05) is 12.1 Å². The summed E-state index contributed by atoms with van der Waals surface area (Å²) in [5.41, 5.74) is 8.76. The maximum atomic E-state index is 5.99. The number of benzene rings is 7. The second-order valence-corrected chi connectivity index (χ2v) is 10.3. The highest BCUT2D eigenvalue weighted by Gasteiger charge is 2.08. The van der Waals surface area contributed by atoms with Crippen LogP contribution in [0.1, 0.15) is 0 Å². The summed E-state index contributed by atoms with van der Waals surface area (Å²) in [6.07, 6.45) is 0. The van der Waals surface area contributed by atoms with Crippen molar-refractivity contribution >= 4 is 54.9 Å². The smallest absolute Gasteiger partial charge is 0.135 e. The van der Waals surface area contributed by atoms with Crippen LogP contribution >= 0.6 is 0 Å². The number of nitrogens with one attached hydrogen (secondary N) is 1. The highest BCUT2D eigenvalue weighted by molar-refractivity contribution is 6.08. The Morgan fingerprint density at radius 2 is 0.900 bits per heavy atom. The fourth-order valence-corrected chi connectivity index (χ4v) is 5.76. The molecule has 1 N–H and O–H groups in total. The molecule has 8 aromatic rings. The summed E-state index contributed by atoms with van der Waals surface area (Å²) < 4.78 is 5.99. The lowest BCUT2D eigenvalue weighted by atomic mass is 9.97. The van der Waals surface area contributed by atoms with Gasteiger partial charge in [0, 0.05) is 22.1 Å². The molecule has 0 bridgehead atoms. The number of anilines is 2. The van der Waals surface area contributed by atoms with Crippen molar-refractivity contribution in [3.05, 3.63) is 146 Å². The molecular formula is C38H25NO. The number of furan rings is 1. The van der Waals surface area contributed by atoms with E-state index >= 15 is 0 Å². The molecule has 0 atom stereocenters. The van der Waals surface area contributed by atoms with Crippen LogP contribution in [0.4, 0.5) is 11.4 Å². The molecule has 1 aromatic heterocycles. The lowest BCUT2D eigenvalue weighted by molar-refractivity contribution is 0.669. The number of rotatable bonds is 4. The largest absolute Gasteiger partial charge is 0.456 e. The van der Waals surface area contributed by atoms with Gasteiger partial charge in [-0.25, -0.2) is 0 Å². The van der Waals surface area contributed by atoms with Gasteiger partial charge in [0.2, 0.25) is 0 Å². The van der Waals surface area contributed by atoms with Crippen molar-refractivity contribution in [1.29, 1.82) is 0 Å². The number of hydrogen-bond acceptors (Lipinski definition) is 2. The van der Waals surface area contributed by atoms with Crippen LogP contribution in [0.5, 0.6) is 0 Å². The Morgan fingerprint density at radius 1 is 0.350 bits per heavy atom. The van der Waals surface area contributed by atoms with Crippen molar-refractivity contribution < 1.29 is 4.42 Å². The SMILES string of the molecule is c1ccc2c(c1)ccc1cc(-c3ccc(Nc4ccc(-c5ccc6oc7ccccc7c6c5)cc4)cc3)ccc12. The molecule has 2 heteroatoms. The third kappa shape index (κ3) is 3.90. The molecule has 0 aliphatic rings. The van der Waals surface area contributed by atoms with Gasteiger partial charge in [-0.1, -0.05) is 97.1 Å². The second kappa shape index (κ2) is 9.14. The van der Waals surface area contributed by atoms with Gasteiger partial charge in [0.25, 0.3) is 0 Å². The molecule has 0 radical (unpaired) electrons. The molecule has 0 spiro atoms. The first-order valence-electron chi connectivity index (χ1n) is 13.6. The van der Waals surface area contributed by atoms with Gasteiger partial charge in [-0.15, -0.1) is 0 Å². The third-order valence-electron chi connectivity index (χ3n) is 7.85. The summed E-state index contributed by atoms with van der Waals surface area (Å²) >= 11 is 0. The number of para-hydroxylation sites is 1. The first-order valence-corrected chi connectivity index (χ1v) is 13.6. The molecule has 8 rings (SSSR count). The first kappa shape index (κ1) is 22.6. The van der Waals surface area contributed by atoms with Gasteiger partial charge in [0.05, 0.1) is 0 Å². The highest BCUT2D eigenvalue weighted by atomic mass is 16.3. The van der Waals surface area contributed by atoms with Crippen LogP contribution in [-0.2, 0) is 0 Å². The minimum absolute atomic E-state index is 0.920. The molecule has 188 valence electrons. The van der Waals surface area contributed by atoms with Crippen LogP contribution < -0.4 is 5.32 Å². The van der Waals surface area contributed by atoms with Crippen molar-refractivity contribution in [2.45, 2.75) is 0 Å². The number of hydrogen-bond donors (Lipinski definition) is 1. The third-order valence-corrected chi connectivity index (χ3v) is 7.85. The standard InChI is InChI=1S/C38H25NO/c1-2-6-33-27(5-1)9-10-30-23-28(15-21-34(30)33)25-11-17-31(18-12-25)39-32-19-13-26(14-20-32)29-16-22-38-36(24-29)35-7-3-4-8-37(35)40-38/h1-24,39H. The van der Waals surface area contributed by atoms with E-state index in [0.29, 0.717) is 0 Å². The minimum atomic E-state index is 0.920. The van der Waals surface area contributed by atoms with E-state index in [9.17, 15) is 0 Å². The summed E-state index contributed by atoms with van der Waals surface area (Å²) in [5, 5.41) is 11.0. The lowest BCUT2D eigenvalue weighted by Gasteiger charge is -2.10. The molecule has 7 aromatic carbocycles. The van der Waals surface area contributed by atoms with Gasteiger partial charge in [0.15, 0.2) is 0 Å². The Labute approximate surface area is 232 Å². The predicted molar refractivity (Wildman–Crippen MR) is 169 cm³/mol. The zero-order valence-corrected chi connectivity index (χ0v) is 21.8. The maximum absolute atomic E-state index is 5.99. The zero-order chi connectivity index (χ0) is 26.5. The first-order chi connectivity index (χ1) is 19.8. The van der Waals surface area contributed by atoms with E-state index in [-0.39, 0.29) is 0 Å². The Balaban J connectivity index is 1.02. The second-order valence-electron chi connectivity index (χ2n) is 10.3. The summed E-state index contributed by atoms with van der Waals surface area (Å²) in [6, 6.07) is 51.6. The van der Waals surface area contributed by atoms with Crippen molar-refractivity contribution in [2.24, 2.45) is 0 Å². The van der Waals surface area contributed by atoms with Crippen molar-refractivity contribution in [3.63, 3.8) is 0 Å². The zero-order valence-electron chi connectivity index (χ0n) is 21.8. The van der Waals surface area contributed by atoms with Crippen LogP contribution in [0, 0.1) is 0 Å². The van der Waals surface area contributed by atoms with E-state index < -0.39 is 0 Å². The maximum Gasteiger partial charge on any atom is 0.135 e. The monoisotopic (exact) mass is 511 g/mol. The van der Waals surface area contributed by atoms with Crippen LogP contribution in [-0.4, -0.2) is 0 Å². The Kier molecular flexibility index (Phi) is 5.17. The average molecular weight is 512 g/mol. The molecule has 2 nitrogen and oxygen atoms in total. The molecule has 0 amide bonds. The Bertz CT molecular complexity index is 2170. The highest BCUT2D eigenvalue weighted by Crippen LogP contribution is 2.34. The normalized spacial score (nSPS) is 11.5. The molecule has 0 fully saturated rings. The van der Waals surface area contributed by atoms with Gasteiger partial charge in [-0.05, 0) is 92.3 Å². The fraction of sp³-hybridized carbons (Fsp3) is 0. The molecule has 0 saturated carbocycles. The predicted octanol–water partition coefficient (Wildman–Crippen LogP) is 11.0. The van der Waals surface area contributed by atoms with Crippen molar-refractivity contribution in [1.82, 2.24) is 0 Å². The lowest BCUT2D eigenvalue weighted by Crippen LogP contribution is -1.90. The van der Waals surface area contributed by atoms with E-state index in [1.165, 1.54) is 43.8 Å². The van der Waals surface area contributed by atoms with Gasteiger partial charge in [-0.3, -0.25) is 0 Å². The van der Waals surface area contributed by atoms with E-state index in [2.05, 4.69) is 139 Å². The van der Waals surface area contributed by atoms with Gasteiger partial charge in [-0.2, -0.15) is 0 Å². The van der Waals surface area contributed by atoms with Crippen LogP contribution in [0.25, 0.3) is 65.7 Å². The quantitative estimate of drug-likeness (QED) is 0.238. The molecule has 0 saturated heterocycles. The number of fused-ring (bicyclic) bond motifs is 6. The van der Waals surface area contributed by atoms with Crippen LogP contribution in [0.3, 0.4) is 0 Å². The topological polar surface area (TPSA) is 25.2 Å². The average Bonchev–Trinajstić information content (AvgIpc) is 3.39. The van der Waals surface area contributed by atoms with Gasteiger partial charge < -0.3 is 9.73 Å². The van der Waals surface area contributed by atoms with Gasteiger partial charge >= 0.3 is 0 Å². The summed E-state index contributed by atoms with van der Waals surface area (Å²) in [5.74, 6) is 0. The van der Waals surface area contributed by atoms with Crippen molar-refractivity contribution in [2.75, 3.05) is 5.32 Å². The molecule has 0 unspecified atom stereocenters. The van der Waals surface area contributed by atoms with E-state index in [0.717, 1.165) is 33.3 Å². The Hall–Kier alpha value is -5.34. The van der Waals surface area contributed by atoms with Crippen molar-refractivity contribution in [3.8, 4) is 22.3 Å². The molecule has 0 aliphatic heterocycles. The molecular weight excluding hydrogens is 486 g/mol. The summed E-state index contributed by atoms with van der Waals surface area (Å²) in [4.78, 5) is 0. The Morgan fingerprint density at radius 3 is 1.68 bits per heavy atom. The fourth-order valence-electron chi connectivity index (χ4n) is 5.76. The molecule has 0 aliphatic carbocycles. The summed E-state index contributed by atoms with van der Waals surface area (Å²) in [6.45, 7) is 0. The minimum Gasteiger partial charge on any atom is -0.456 e. The molecule has 40 heavy (non-hydrogen) atoms. The van der Waals surface area contributed by atoms with Crippen LogP contribution in [0.2, 0.25) is 0 Å².